The maximum atomic E-state index is 10.6. The van der Waals surface area contributed by atoms with Gasteiger partial charge in [0, 0.05) is 0 Å². The molecule has 15 heavy (non-hydrogen) atoms. The summed E-state index contributed by atoms with van der Waals surface area (Å²) >= 11 is 0. The first-order chi connectivity index (χ1) is 7.36. The molecule has 0 amide bonds. The summed E-state index contributed by atoms with van der Waals surface area (Å²) in [6.07, 6.45) is 18.8. The molecule has 1 aliphatic carbocycles. The number of carbonyl (C=O) groups is 1. The van der Waals surface area contributed by atoms with E-state index in [2.05, 4.69) is 18.2 Å². The molecule has 1 nitrogen and oxygen atoms in total. The van der Waals surface area contributed by atoms with Crippen LogP contribution in [0.1, 0.15) is 19.8 Å². The number of hydrogen-bond acceptors (Lipinski definition) is 1. The molecule has 78 valence electrons. The molecule has 0 spiro atoms. The largest absolute Gasteiger partial charge is 0.298 e. The average Bonchev–Trinajstić information content (AvgIpc) is 2.49. The van der Waals surface area contributed by atoms with E-state index in [4.69, 9.17) is 0 Å². The lowest BCUT2D eigenvalue weighted by Crippen LogP contribution is -1.78. The Morgan fingerprint density at radius 3 is 2.93 bits per heavy atom. The molecule has 1 heteroatoms. The normalized spacial score (nSPS) is 16.6. The molecule has 0 aromatic rings. The van der Waals surface area contributed by atoms with Crippen LogP contribution in [-0.2, 0) is 4.79 Å². The molecule has 0 unspecified atom stereocenters. The van der Waals surface area contributed by atoms with Gasteiger partial charge in [-0.2, -0.15) is 0 Å². The Morgan fingerprint density at radius 2 is 2.20 bits per heavy atom. The first kappa shape index (κ1) is 11.4. The zero-order valence-corrected chi connectivity index (χ0v) is 9.02. The number of rotatable bonds is 4. The molecule has 0 N–H and O–H groups in total. The molecular formula is C14H16O. The van der Waals surface area contributed by atoms with Gasteiger partial charge in [0.25, 0.3) is 0 Å². The van der Waals surface area contributed by atoms with Crippen LogP contribution in [-0.4, -0.2) is 6.29 Å². The Balaban J connectivity index is 2.62. The van der Waals surface area contributed by atoms with E-state index in [9.17, 15) is 4.79 Å². The molecule has 0 aromatic heterocycles. The predicted molar refractivity (Wildman–Crippen MR) is 64.6 cm³/mol. The Morgan fingerprint density at radius 1 is 1.33 bits per heavy atom. The van der Waals surface area contributed by atoms with E-state index in [1.165, 1.54) is 0 Å². The quantitative estimate of drug-likeness (QED) is 0.501. The summed E-state index contributed by atoms with van der Waals surface area (Å²) in [5.74, 6) is 0. The van der Waals surface area contributed by atoms with Gasteiger partial charge in [-0.1, -0.05) is 48.6 Å². The van der Waals surface area contributed by atoms with E-state index < -0.39 is 0 Å². The third kappa shape index (κ3) is 4.41. The molecule has 0 atom stereocenters. The van der Waals surface area contributed by atoms with Crippen molar-refractivity contribution >= 4 is 6.29 Å². The van der Waals surface area contributed by atoms with Crippen LogP contribution in [0.2, 0.25) is 0 Å². The van der Waals surface area contributed by atoms with Gasteiger partial charge in [0.15, 0.2) is 0 Å². The Kier molecular flexibility index (Phi) is 5.16. The number of hydrogen-bond donors (Lipinski definition) is 0. The third-order valence-corrected chi connectivity index (χ3v) is 2.12. The van der Waals surface area contributed by atoms with Crippen LogP contribution in [0.25, 0.3) is 0 Å². The zero-order valence-electron chi connectivity index (χ0n) is 9.02. The van der Waals surface area contributed by atoms with E-state index >= 15 is 0 Å². The van der Waals surface area contributed by atoms with Gasteiger partial charge < -0.3 is 0 Å². The highest BCUT2D eigenvalue weighted by molar-refractivity contribution is 5.74. The lowest BCUT2D eigenvalue weighted by atomic mass is 10.2. The summed E-state index contributed by atoms with van der Waals surface area (Å²) < 4.78 is 0. The van der Waals surface area contributed by atoms with Crippen molar-refractivity contribution < 1.29 is 4.79 Å². The van der Waals surface area contributed by atoms with E-state index in [-0.39, 0.29) is 0 Å². The van der Waals surface area contributed by atoms with Crippen molar-refractivity contribution in [3.05, 3.63) is 59.8 Å². The van der Waals surface area contributed by atoms with E-state index in [0.717, 1.165) is 30.3 Å². The van der Waals surface area contributed by atoms with E-state index in [1.807, 2.05) is 37.3 Å². The van der Waals surface area contributed by atoms with Gasteiger partial charge in [-0.25, -0.2) is 0 Å². The van der Waals surface area contributed by atoms with Gasteiger partial charge in [0.1, 0.15) is 6.29 Å². The smallest absolute Gasteiger partial charge is 0.146 e. The molecule has 0 radical (unpaired) electrons. The molecule has 0 saturated heterocycles. The van der Waals surface area contributed by atoms with Crippen LogP contribution >= 0.6 is 0 Å². The monoisotopic (exact) mass is 200 g/mol. The van der Waals surface area contributed by atoms with Crippen LogP contribution < -0.4 is 0 Å². The lowest BCUT2D eigenvalue weighted by Gasteiger charge is -1.88. The van der Waals surface area contributed by atoms with Crippen LogP contribution in [0.15, 0.2) is 59.8 Å². The highest BCUT2D eigenvalue weighted by Crippen LogP contribution is 2.10. The standard InChI is InChI=1S/C14H16O/c1-2-3-4-5-7-13-8-6-9-14(12-15)11-10-13/h2-3,5-8,10-12H,4,9H2,1H3/b3-2-,7-5+. The minimum atomic E-state index is 0.728. The van der Waals surface area contributed by atoms with Gasteiger partial charge >= 0.3 is 0 Å². The van der Waals surface area contributed by atoms with Crippen LogP contribution in [0.4, 0.5) is 0 Å². The fourth-order valence-corrected chi connectivity index (χ4v) is 1.28. The summed E-state index contributed by atoms with van der Waals surface area (Å²) in [6, 6.07) is 0. The van der Waals surface area contributed by atoms with Gasteiger partial charge in [-0.3, -0.25) is 4.79 Å². The molecule has 1 rings (SSSR count). The summed E-state index contributed by atoms with van der Waals surface area (Å²) in [5, 5.41) is 0. The topological polar surface area (TPSA) is 17.1 Å². The Labute approximate surface area is 91.2 Å². The van der Waals surface area contributed by atoms with Crippen LogP contribution in [0.3, 0.4) is 0 Å². The van der Waals surface area contributed by atoms with Crippen molar-refractivity contribution in [1.29, 1.82) is 0 Å². The van der Waals surface area contributed by atoms with Crippen molar-refractivity contribution in [2.75, 3.05) is 0 Å². The number of carbonyl (C=O) groups excluding carboxylic acids is 1. The van der Waals surface area contributed by atoms with Crippen LogP contribution in [0.5, 0.6) is 0 Å². The van der Waals surface area contributed by atoms with Gasteiger partial charge in [-0.05, 0) is 30.9 Å². The lowest BCUT2D eigenvalue weighted by molar-refractivity contribution is -0.104. The van der Waals surface area contributed by atoms with Gasteiger partial charge in [-0.15, -0.1) is 0 Å². The SMILES string of the molecule is C/C=C\C/C=C/C1=CC=C(C=O)CC=C1. The van der Waals surface area contributed by atoms with Crippen molar-refractivity contribution in [1.82, 2.24) is 0 Å². The van der Waals surface area contributed by atoms with Crippen molar-refractivity contribution in [2.45, 2.75) is 19.8 Å². The maximum absolute atomic E-state index is 10.6. The first-order valence-electron chi connectivity index (χ1n) is 5.17. The Hall–Kier alpha value is -1.63. The fourth-order valence-electron chi connectivity index (χ4n) is 1.28. The fraction of sp³-hybridized carbons (Fsp3) is 0.214. The molecule has 0 fully saturated rings. The predicted octanol–water partition coefficient (Wildman–Crippen LogP) is 3.52. The summed E-state index contributed by atoms with van der Waals surface area (Å²) in [6.45, 7) is 2.01. The van der Waals surface area contributed by atoms with Crippen LogP contribution in [0, 0.1) is 0 Å². The minimum Gasteiger partial charge on any atom is -0.298 e. The second-order valence-corrected chi connectivity index (χ2v) is 3.34. The van der Waals surface area contributed by atoms with Crippen molar-refractivity contribution in [2.24, 2.45) is 0 Å². The van der Waals surface area contributed by atoms with E-state index in [1.54, 1.807) is 0 Å². The second-order valence-electron chi connectivity index (χ2n) is 3.34. The third-order valence-electron chi connectivity index (χ3n) is 2.12. The summed E-state index contributed by atoms with van der Waals surface area (Å²) in [5.41, 5.74) is 1.96. The molecule has 0 bridgehead atoms. The van der Waals surface area contributed by atoms with E-state index in [0.29, 0.717) is 0 Å². The number of aldehydes is 1. The minimum absolute atomic E-state index is 0.728. The van der Waals surface area contributed by atoms with Crippen molar-refractivity contribution in [3.63, 3.8) is 0 Å². The van der Waals surface area contributed by atoms with Crippen molar-refractivity contribution in [3.8, 4) is 0 Å². The first-order valence-corrected chi connectivity index (χ1v) is 5.17. The summed E-state index contributed by atoms with van der Waals surface area (Å²) in [7, 11) is 0. The Bertz CT molecular complexity index is 352. The van der Waals surface area contributed by atoms with Gasteiger partial charge in [0.2, 0.25) is 0 Å². The highest BCUT2D eigenvalue weighted by Gasteiger charge is 1.95. The van der Waals surface area contributed by atoms with Gasteiger partial charge in [0.05, 0.1) is 0 Å². The molecule has 0 saturated carbocycles. The summed E-state index contributed by atoms with van der Waals surface area (Å²) in [4.78, 5) is 10.6. The molecule has 1 aliphatic rings. The second kappa shape index (κ2) is 6.77. The average molecular weight is 200 g/mol. The number of allylic oxidation sites excluding steroid dienone is 10. The highest BCUT2D eigenvalue weighted by atomic mass is 16.1. The maximum Gasteiger partial charge on any atom is 0.146 e. The molecule has 0 heterocycles. The zero-order chi connectivity index (χ0) is 10.9. The molecule has 0 aromatic carbocycles. The molecular weight excluding hydrogens is 184 g/mol. The molecule has 0 aliphatic heterocycles.